The van der Waals surface area contributed by atoms with Crippen molar-refractivity contribution in [3.8, 4) is 0 Å². The fourth-order valence-electron chi connectivity index (χ4n) is 4.52. The van der Waals surface area contributed by atoms with Crippen LogP contribution in [-0.2, 0) is 19.9 Å². The van der Waals surface area contributed by atoms with Crippen LogP contribution in [0.25, 0.3) is 38.5 Å². The van der Waals surface area contributed by atoms with Crippen LogP contribution in [0.5, 0.6) is 0 Å². The molecule has 0 fully saturated rings. The van der Waals surface area contributed by atoms with E-state index in [0.717, 1.165) is 18.4 Å². The largest absolute Gasteiger partial charge is 0.297 e. The van der Waals surface area contributed by atoms with Crippen LogP contribution in [0.2, 0.25) is 0 Å². The summed E-state index contributed by atoms with van der Waals surface area (Å²) in [6.45, 7) is 6.64. The minimum Gasteiger partial charge on any atom is -0.255 e. The van der Waals surface area contributed by atoms with Gasteiger partial charge in [0.05, 0.1) is 23.3 Å². The smallest absolute Gasteiger partial charge is 0.255 e. The van der Waals surface area contributed by atoms with Crippen molar-refractivity contribution < 1.29 is 4.57 Å². The Kier molecular flexibility index (Phi) is 3.48. The lowest BCUT2D eigenvalue weighted by atomic mass is 10.0. The standard InChI is InChI=1S/C24H24N3/c1-5-16-10-11-18-20(14-16)27-19-9-7-8-17(6-2)22(19)23-21(24(27)26(18)4)15(3)12-13-25-23/h7-14H,5-6H2,1-4H3/q+1. The molecule has 2 aromatic carbocycles. The van der Waals surface area contributed by atoms with E-state index in [4.69, 9.17) is 4.98 Å². The van der Waals surface area contributed by atoms with Gasteiger partial charge in [-0.2, -0.15) is 4.40 Å². The van der Waals surface area contributed by atoms with Crippen molar-refractivity contribution >= 4 is 38.5 Å². The normalized spacial score (nSPS) is 12.0. The van der Waals surface area contributed by atoms with Gasteiger partial charge in [0.2, 0.25) is 0 Å². The topological polar surface area (TPSA) is 21.2 Å². The number of pyridine rings is 2. The van der Waals surface area contributed by atoms with Gasteiger partial charge in [-0.25, -0.2) is 4.57 Å². The van der Waals surface area contributed by atoms with E-state index in [2.05, 4.69) is 79.3 Å². The molecule has 0 aliphatic heterocycles. The summed E-state index contributed by atoms with van der Waals surface area (Å²) in [7, 11) is 2.17. The van der Waals surface area contributed by atoms with Crippen molar-refractivity contribution in [2.75, 3.05) is 0 Å². The molecule has 134 valence electrons. The molecule has 3 heterocycles. The number of benzene rings is 2. The molecule has 27 heavy (non-hydrogen) atoms. The van der Waals surface area contributed by atoms with E-state index in [1.807, 2.05) is 6.20 Å². The van der Waals surface area contributed by atoms with E-state index < -0.39 is 0 Å². The molecule has 0 radical (unpaired) electrons. The summed E-state index contributed by atoms with van der Waals surface area (Å²) < 4.78 is 4.77. The third-order valence-corrected chi connectivity index (χ3v) is 5.95. The number of fused-ring (bicyclic) bond motifs is 8. The highest BCUT2D eigenvalue weighted by Gasteiger charge is 2.25. The number of aromatic nitrogens is 3. The second-order valence-electron chi connectivity index (χ2n) is 7.41. The maximum Gasteiger partial charge on any atom is 0.297 e. The van der Waals surface area contributed by atoms with Crippen LogP contribution in [0.4, 0.5) is 0 Å². The fourth-order valence-corrected chi connectivity index (χ4v) is 4.52. The van der Waals surface area contributed by atoms with Crippen molar-refractivity contribution in [2.24, 2.45) is 7.05 Å². The second-order valence-corrected chi connectivity index (χ2v) is 7.41. The predicted octanol–water partition coefficient (Wildman–Crippen LogP) is 5.05. The first-order valence-electron chi connectivity index (χ1n) is 9.77. The van der Waals surface area contributed by atoms with Gasteiger partial charge < -0.3 is 0 Å². The number of aryl methyl sites for hydroxylation is 4. The van der Waals surface area contributed by atoms with Gasteiger partial charge in [0.25, 0.3) is 5.65 Å². The Morgan fingerprint density at radius 2 is 1.81 bits per heavy atom. The van der Waals surface area contributed by atoms with Gasteiger partial charge in [0.15, 0.2) is 11.0 Å². The summed E-state index contributed by atoms with van der Waals surface area (Å²) in [6, 6.07) is 15.6. The van der Waals surface area contributed by atoms with Crippen molar-refractivity contribution in [3.63, 3.8) is 0 Å². The van der Waals surface area contributed by atoms with Crippen LogP contribution in [0.15, 0.2) is 48.7 Å². The van der Waals surface area contributed by atoms with Crippen LogP contribution in [-0.4, -0.2) is 9.38 Å². The number of nitrogens with zero attached hydrogens (tertiary/aromatic N) is 3. The highest BCUT2D eigenvalue weighted by molar-refractivity contribution is 6.13. The maximum atomic E-state index is 4.85. The summed E-state index contributed by atoms with van der Waals surface area (Å²) in [5.74, 6) is 0. The second kappa shape index (κ2) is 5.78. The maximum absolute atomic E-state index is 4.85. The monoisotopic (exact) mass is 354 g/mol. The minimum atomic E-state index is 0.999. The minimum absolute atomic E-state index is 0.999. The molecule has 0 saturated heterocycles. The highest BCUT2D eigenvalue weighted by Crippen LogP contribution is 2.34. The zero-order valence-electron chi connectivity index (χ0n) is 16.4. The Hall–Kier alpha value is -2.94. The molecule has 0 bridgehead atoms. The first kappa shape index (κ1) is 16.2. The molecule has 3 nitrogen and oxygen atoms in total. The molecule has 3 heteroatoms. The zero-order chi connectivity index (χ0) is 18.7. The molecule has 0 spiro atoms. The summed E-state index contributed by atoms with van der Waals surface area (Å²) in [6.07, 6.45) is 3.98. The summed E-state index contributed by atoms with van der Waals surface area (Å²) in [4.78, 5) is 4.85. The molecule has 0 unspecified atom stereocenters. The van der Waals surface area contributed by atoms with Crippen LogP contribution in [0.3, 0.4) is 0 Å². The van der Waals surface area contributed by atoms with E-state index in [1.165, 1.54) is 49.7 Å². The summed E-state index contributed by atoms with van der Waals surface area (Å²) in [5, 5.41) is 2.54. The number of hydrogen-bond donors (Lipinski definition) is 0. The van der Waals surface area contributed by atoms with E-state index in [0.29, 0.717) is 0 Å². The Morgan fingerprint density at radius 1 is 0.963 bits per heavy atom. The van der Waals surface area contributed by atoms with Crippen LogP contribution >= 0.6 is 0 Å². The van der Waals surface area contributed by atoms with Gasteiger partial charge in [0.1, 0.15) is 5.52 Å². The molecule has 0 amide bonds. The highest BCUT2D eigenvalue weighted by atomic mass is 15.1. The molecule has 5 rings (SSSR count). The zero-order valence-corrected chi connectivity index (χ0v) is 16.4. The van der Waals surface area contributed by atoms with E-state index in [-0.39, 0.29) is 0 Å². The van der Waals surface area contributed by atoms with E-state index in [9.17, 15) is 0 Å². The fraction of sp³-hybridized carbons (Fsp3) is 0.250. The molecule has 0 atom stereocenters. The van der Waals surface area contributed by atoms with Gasteiger partial charge in [0, 0.05) is 6.20 Å². The number of imidazole rings is 1. The lowest BCUT2D eigenvalue weighted by molar-refractivity contribution is -0.617. The Balaban J connectivity index is 2.21. The van der Waals surface area contributed by atoms with Gasteiger partial charge in [-0.1, -0.05) is 32.0 Å². The van der Waals surface area contributed by atoms with Crippen molar-refractivity contribution in [3.05, 3.63) is 65.4 Å². The van der Waals surface area contributed by atoms with Crippen molar-refractivity contribution in [2.45, 2.75) is 33.6 Å². The summed E-state index contributed by atoms with van der Waals surface area (Å²) in [5.41, 5.74) is 10.1. The molecule has 5 aromatic rings. The van der Waals surface area contributed by atoms with Crippen molar-refractivity contribution in [1.82, 2.24) is 9.38 Å². The Bertz CT molecular complexity index is 1360. The van der Waals surface area contributed by atoms with Gasteiger partial charge >= 0.3 is 0 Å². The Morgan fingerprint density at radius 3 is 2.59 bits per heavy atom. The Labute approximate surface area is 158 Å². The molecule has 3 aromatic heterocycles. The van der Waals surface area contributed by atoms with Crippen molar-refractivity contribution in [1.29, 1.82) is 0 Å². The average Bonchev–Trinajstić information content (AvgIpc) is 2.99. The van der Waals surface area contributed by atoms with E-state index >= 15 is 0 Å². The first-order valence-corrected chi connectivity index (χ1v) is 9.77. The SMILES string of the molecule is CCc1ccc2c(c1)n1c3cccc(CC)c3c3nccc(C)c3c1[n+]2C. The molecular weight excluding hydrogens is 330 g/mol. The van der Waals surface area contributed by atoms with Gasteiger partial charge in [-0.3, -0.25) is 4.98 Å². The molecule has 0 saturated carbocycles. The first-order chi connectivity index (χ1) is 13.2. The number of rotatable bonds is 2. The third-order valence-electron chi connectivity index (χ3n) is 5.95. The lowest BCUT2D eigenvalue weighted by Crippen LogP contribution is -2.27. The molecule has 0 aliphatic carbocycles. The predicted molar refractivity (Wildman–Crippen MR) is 112 cm³/mol. The molecular formula is C24H24N3+. The lowest BCUT2D eigenvalue weighted by Gasteiger charge is -2.09. The van der Waals surface area contributed by atoms with Crippen LogP contribution in [0, 0.1) is 6.92 Å². The van der Waals surface area contributed by atoms with Gasteiger partial charge in [-0.15, -0.1) is 0 Å². The van der Waals surface area contributed by atoms with Gasteiger partial charge in [-0.05, 0) is 60.7 Å². The molecule has 0 N–H and O–H groups in total. The van der Waals surface area contributed by atoms with Crippen LogP contribution < -0.4 is 4.57 Å². The average molecular weight is 354 g/mol. The van der Waals surface area contributed by atoms with Crippen LogP contribution in [0.1, 0.15) is 30.5 Å². The number of hydrogen-bond acceptors (Lipinski definition) is 1. The quantitative estimate of drug-likeness (QED) is 0.321. The third kappa shape index (κ3) is 2.08. The van der Waals surface area contributed by atoms with E-state index in [1.54, 1.807) is 0 Å². The molecule has 0 aliphatic rings. The summed E-state index contributed by atoms with van der Waals surface area (Å²) >= 11 is 0.